The summed E-state index contributed by atoms with van der Waals surface area (Å²) in [6.07, 6.45) is -0.187. The number of hydrogen-bond donors (Lipinski definition) is 1. The summed E-state index contributed by atoms with van der Waals surface area (Å²) >= 11 is 0. The largest absolute Gasteiger partial charge is 0.382 e. The van der Waals surface area contributed by atoms with Crippen LogP contribution in [0.15, 0.2) is 24.3 Å². The Balaban J connectivity index is 2.07. The van der Waals surface area contributed by atoms with Crippen molar-refractivity contribution in [1.82, 2.24) is 10.2 Å². The highest BCUT2D eigenvalue weighted by molar-refractivity contribution is 5.86. The number of ether oxygens (including phenoxy) is 2. The maximum atomic E-state index is 13.5. The maximum Gasteiger partial charge on any atom is 0.251 e. The first kappa shape index (κ1) is 18.4. The van der Waals surface area contributed by atoms with Gasteiger partial charge in [-0.1, -0.05) is 12.1 Å². The summed E-state index contributed by atoms with van der Waals surface area (Å²) in [6, 6.07) is 5.21. The van der Waals surface area contributed by atoms with Gasteiger partial charge in [-0.15, -0.1) is 0 Å². The molecule has 24 heavy (non-hydrogen) atoms. The van der Waals surface area contributed by atoms with Crippen molar-refractivity contribution in [2.45, 2.75) is 25.5 Å². The Kier molecular flexibility index (Phi) is 6.69. The first-order valence-corrected chi connectivity index (χ1v) is 8.02. The van der Waals surface area contributed by atoms with Gasteiger partial charge in [-0.3, -0.25) is 9.59 Å². The third-order valence-corrected chi connectivity index (χ3v) is 3.90. The molecule has 1 heterocycles. The molecule has 1 fully saturated rings. The molecule has 2 atom stereocenters. The second kappa shape index (κ2) is 8.75. The number of morpholine rings is 1. The van der Waals surface area contributed by atoms with Gasteiger partial charge < -0.3 is 19.7 Å². The highest BCUT2D eigenvalue weighted by Gasteiger charge is 2.39. The molecule has 0 saturated carbocycles. The zero-order valence-electron chi connectivity index (χ0n) is 14.0. The van der Waals surface area contributed by atoms with Gasteiger partial charge in [0.05, 0.1) is 6.04 Å². The smallest absolute Gasteiger partial charge is 0.251 e. The molecule has 0 aliphatic carbocycles. The number of amides is 2. The first-order chi connectivity index (χ1) is 11.5. The summed E-state index contributed by atoms with van der Waals surface area (Å²) in [6.45, 7) is 3.39. The molecule has 0 unspecified atom stereocenters. The summed E-state index contributed by atoms with van der Waals surface area (Å²) in [5, 5.41) is 2.79. The summed E-state index contributed by atoms with van der Waals surface area (Å²) in [4.78, 5) is 25.8. The number of likely N-dealkylation sites (N-methyl/N-ethyl adjacent to an activating group) is 1. The molecule has 1 aromatic rings. The topological polar surface area (TPSA) is 67.9 Å². The van der Waals surface area contributed by atoms with Crippen molar-refractivity contribution in [3.8, 4) is 0 Å². The summed E-state index contributed by atoms with van der Waals surface area (Å²) in [7, 11) is 1.59. The summed E-state index contributed by atoms with van der Waals surface area (Å²) in [5.74, 6) is -0.987. The Morgan fingerprint density at radius 2 is 2.29 bits per heavy atom. The second-order valence-corrected chi connectivity index (χ2v) is 5.58. The lowest BCUT2D eigenvalue weighted by Gasteiger charge is -2.38. The SMILES string of the molecule is CCOCCCNC(=O)[C@@H]1OCC(=O)N(C)[C@H]1c1cccc(F)c1. The number of carbonyl (C=O) groups excluding carboxylic acids is 2. The van der Waals surface area contributed by atoms with E-state index in [1.807, 2.05) is 6.92 Å². The number of benzene rings is 1. The molecule has 0 spiro atoms. The molecule has 6 nitrogen and oxygen atoms in total. The van der Waals surface area contributed by atoms with Gasteiger partial charge in [-0.05, 0) is 31.0 Å². The molecular weight excluding hydrogens is 315 g/mol. The maximum absolute atomic E-state index is 13.5. The number of nitrogens with zero attached hydrogens (tertiary/aromatic N) is 1. The molecule has 1 aliphatic rings. The number of hydrogen-bond acceptors (Lipinski definition) is 4. The fraction of sp³-hybridized carbons (Fsp3) is 0.529. The van der Waals surface area contributed by atoms with Crippen LogP contribution in [0.4, 0.5) is 4.39 Å². The van der Waals surface area contributed by atoms with Gasteiger partial charge in [-0.2, -0.15) is 0 Å². The molecular formula is C17H23FN2O4. The fourth-order valence-corrected chi connectivity index (χ4v) is 2.65. The van der Waals surface area contributed by atoms with Crippen LogP contribution >= 0.6 is 0 Å². The van der Waals surface area contributed by atoms with E-state index < -0.39 is 18.0 Å². The third kappa shape index (κ3) is 4.52. The van der Waals surface area contributed by atoms with Crippen molar-refractivity contribution < 1.29 is 23.5 Å². The van der Waals surface area contributed by atoms with E-state index in [2.05, 4.69) is 5.32 Å². The minimum Gasteiger partial charge on any atom is -0.382 e. The van der Waals surface area contributed by atoms with Crippen LogP contribution in [0.3, 0.4) is 0 Å². The summed E-state index contributed by atoms with van der Waals surface area (Å²) < 4.78 is 24.2. The predicted octanol–water partition coefficient (Wildman–Crippen LogP) is 1.27. The normalized spacial score (nSPS) is 21.0. The Labute approximate surface area is 140 Å². The third-order valence-electron chi connectivity index (χ3n) is 3.90. The quantitative estimate of drug-likeness (QED) is 0.760. The molecule has 1 aromatic carbocycles. The van der Waals surface area contributed by atoms with E-state index in [-0.39, 0.29) is 18.4 Å². The van der Waals surface area contributed by atoms with Crippen molar-refractivity contribution in [2.75, 3.05) is 33.4 Å². The van der Waals surface area contributed by atoms with E-state index in [0.29, 0.717) is 31.7 Å². The highest BCUT2D eigenvalue weighted by Crippen LogP contribution is 2.29. The van der Waals surface area contributed by atoms with Crippen molar-refractivity contribution >= 4 is 11.8 Å². The Morgan fingerprint density at radius 1 is 1.50 bits per heavy atom. The van der Waals surface area contributed by atoms with Crippen LogP contribution in [-0.2, 0) is 19.1 Å². The molecule has 2 rings (SSSR count). The number of halogens is 1. The molecule has 1 saturated heterocycles. The van der Waals surface area contributed by atoms with Crippen molar-refractivity contribution in [1.29, 1.82) is 0 Å². The molecule has 0 radical (unpaired) electrons. The fourth-order valence-electron chi connectivity index (χ4n) is 2.65. The van der Waals surface area contributed by atoms with Gasteiger partial charge in [0.1, 0.15) is 12.4 Å². The lowest BCUT2D eigenvalue weighted by molar-refractivity contribution is -0.162. The average Bonchev–Trinajstić information content (AvgIpc) is 2.56. The Morgan fingerprint density at radius 3 is 3.00 bits per heavy atom. The molecule has 7 heteroatoms. The van der Waals surface area contributed by atoms with E-state index in [4.69, 9.17) is 9.47 Å². The molecule has 132 valence electrons. The van der Waals surface area contributed by atoms with E-state index in [9.17, 15) is 14.0 Å². The van der Waals surface area contributed by atoms with Crippen LogP contribution in [0.5, 0.6) is 0 Å². The average molecular weight is 338 g/mol. The van der Waals surface area contributed by atoms with Gasteiger partial charge >= 0.3 is 0 Å². The van der Waals surface area contributed by atoms with Crippen LogP contribution < -0.4 is 5.32 Å². The van der Waals surface area contributed by atoms with Gasteiger partial charge in [-0.25, -0.2) is 4.39 Å². The van der Waals surface area contributed by atoms with Crippen LogP contribution in [0, 0.1) is 5.82 Å². The molecule has 0 bridgehead atoms. The highest BCUT2D eigenvalue weighted by atomic mass is 19.1. The lowest BCUT2D eigenvalue weighted by Crippen LogP contribution is -2.53. The van der Waals surface area contributed by atoms with Gasteiger partial charge in [0.25, 0.3) is 5.91 Å². The van der Waals surface area contributed by atoms with Crippen molar-refractivity contribution in [3.63, 3.8) is 0 Å². The van der Waals surface area contributed by atoms with Crippen molar-refractivity contribution in [3.05, 3.63) is 35.6 Å². The number of rotatable bonds is 7. The monoisotopic (exact) mass is 338 g/mol. The van der Waals surface area contributed by atoms with Gasteiger partial charge in [0.15, 0.2) is 6.10 Å². The van der Waals surface area contributed by atoms with E-state index >= 15 is 0 Å². The predicted molar refractivity (Wildman–Crippen MR) is 85.8 cm³/mol. The zero-order chi connectivity index (χ0) is 17.5. The van der Waals surface area contributed by atoms with Crippen LogP contribution in [-0.4, -0.2) is 56.2 Å². The van der Waals surface area contributed by atoms with Crippen LogP contribution in [0.25, 0.3) is 0 Å². The first-order valence-electron chi connectivity index (χ1n) is 8.02. The molecule has 1 N–H and O–H groups in total. The Hall–Kier alpha value is -1.99. The number of nitrogens with one attached hydrogen (secondary N) is 1. The van der Waals surface area contributed by atoms with Crippen LogP contribution in [0.1, 0.15) is 24.9 Å². The summed E-state index contributed by atoms with van der Waals surface area (Å²) in [5.41, 5.74) is 0.528. The van der Waals surface area contributed by atoms with Gasteiger partial charge in [0, 0.05) is 26.8 Å². The number of carbonyl (C=O) groups is 2. The molecule has 0 aromatic heterocycles. The minimum absolute atomic E-state index is 0.167. The second-order valence-electron chi connectivity index (χ2n) is 5.58. The van der Waals surface area contributed by atoms with E-state index in [1.54, 1.807) is 19.2 Å². The van der Waals surface area contributed by atoms with Crippen molar-refractivity contribution in [2.24, 2.45) is 0 Å². The Bertz CT molecular complexity index is 581. The minimum atomic E-state index is -0.874. The van der Waals surface area contributed by atoms with Gasteiger partial charge in [0.2, 0.25) is 5.91 Å². The van der Waals surface area contributed by atoms with Crippen LogP contribution in [0.2, 0.25) is 0 Å². The van der Waals surface area contributed by atoms with E-state index in [0.717, 1.165) is 0 Å². The molecule has 1 aliphatic heterocycles. The standard InChI is InChI=1S/C17H23FN2O4/c1-3-23-9-5-8-19-17(22)16-15(20(2)14(21)11-24-16)12-6-4-7-13(18)10-12/h4,6-7,10,15-16H,3,5,8-9,11H2,1-2H3,(H,19,22)/t15-,16+/m0/s1. The molecule has 2 amide bonds. The van der Waals surface area contributed by atoms with E-state index in [1.165, 1.54) is 17.0 Å². The zero-order valence-corrected chi connectivity index (χ0v) is 14.0. The lowest BCUT2D eigenvalue weighted by atomic mass is 9.97.